The number of carbonyl (C=O) groups excluding carboxylic acids is 2. The number of nitrogens with zero attached hydrogens (tertiary/aromatic N) is 2. The first kappa shape index (κ1) is 12.8. The van der Waals surface area contributed by atoms with Gasteiger partial charge in [0, 0.05) is 6.42 Å². The average Bonchev–Trinajstić information content (AvgIpc) is 2.73. The fourth-order valence-corrected chi connectivity index (χ4v) is 3.10. The van der Waals surface area contributed by atoms with Gasteiger partial charge in [-0.05, 0) is 18.4 Å². The highest BCUT2D eigenvalue weighted by Crippen LogP contribution is 2.37. The van der Waals surface area contributed by atoms with Crippen LogP contribution in [0.2, 0.25) is 0 Å². The smallest absolute Gasteiger partial charge is 0.233 e. The fourth-order valence-electron chi connectivity index (χ4n) is 3.10. The van der Waals surface area contributed by atoms with Crippen molar-refractivity contribution in [3.63, 3.8) is 0 Å². The van der Waals surface area contributed by atoms with Crippen LogP contribution < -0.4 is 0 Å². The van der Waals surface area contributed by atoms with Crippen molar-refractivity contribution in [1.29, 1.82) is 0 Å². The molecule has 0 radical (unpaired) electrons. The van der Waals surface area contributed by atoms with Gasteiger partial charge in [-0.3, -0.25) is 14.5 Å². The van der Waals surface area contributed by atoms with Crippen LogP contribution in [0.3, 0.4) is 0 Å². The largest absolute Gasteiger partial charge is 0.411 e. The van der Waals surface area contributed by atoms with E-state index in [1.54, 1.807) is 0 Å². The SMILES string of the molecule is O=C1[C@H]2CC/C(=N/O)C[C@H]2C(=O)N1Cc1ccccc1. The Bertz CT molecular complexity index is 568. The normalized spacial score (nSPS) is 28.0. The highest BCUT2D eigenvalue weighted by Gasteiger charge is 2.49. The quantitative estimate of drug-likeness (QED) is 0.507. The van der Waals surface area contributed by atoms with Gasteiger partial charge < -0.3 is 5.21 Å². The van der Waals surface area contributed by atoms with Crippen molar-refractivity contribution in [2.24, 2.45) is 17.0 Å². The lowest BCUT2D eigenvalue weighted by Gasteiger charge is -2.20. The summed E-state index contributed by atoms with van der Waals surface area (Å²) in [5.74, 6) is -0.798. The third-order valence-electron chi connectivity index (χ3n) is 4.18. The molecule has 0 bridgehead atoms. The summed E-state index contributed by atoms with van der Waals surface area (Å²) >= 11 is 0. The van der Waals surface area contributed by atoms with Crippen molar-refractivity contribution in [3.05, 3.63) is 35.9 Å². The van der Waals surface area contributed by atoms with Crippen molar-refractivity contribution in [2.45, 2.75) is 25.8 Å². The number of hydrogen-bond donors (Lipinski definition) is 1. The molecule has 0 spiro atoms. The summed E-state index contributed by atoms with van der Waals surface area (Å²) < 4.78 is 0. The van der Waals surface area contributed by atoms with Crippen LogP contribution in [0, 0.1) is 11.8 Å². The van der Waals surface area contributed by atoms with Gasteiger partial charge in [0.2, 0.25) is 11.8 Å². The summed E-state index contributed by atoms with van der Waals surface area (Å²) in [4.78, 5) is 26.1. The maximum atomic E-state index is 12.4. The molecule has 5 nitrogen and oxygen atoms in total. The Kier molecular flexibility index (Phi) is 3.26. The van der Waals surface area contributed by atoms with E-state index in [1.807, 2.05) is 30.3 Å². The Balaban J connectivity index is 1.80. The number of amides is 2. The fraction of sp³-hybridized carbons (Fsp3) is 0.400. The van der Waals surface area contributed by atoms with Crippen LogP contribution in [0.1, 0.15) is 24.8 Å². The van der Waals surface area contributed by atoms with Crippen LogP contribution in [0.5, 0.6) is 0 Å². The third kappa shape index (κ3) is 2.09. The highest BCUT2D eigenvalue weighted by molar-refractivity contribution is 6.07. The minimum absolute atomic E-state index is 0.0826. The molecule has 1 heterocycles. The lowest BCUT2D eigenvalue weighted by Crippen LogP contribution is -2.30. The molecule has 1 aromatic carbocycles. The second-order valence-electron chi connectivity index (χ2n) is 5.37. The van der Waals surface area contributed by atoms with Gasteiger partial charge >= 0.3 is 0 Å². The van der Waals surface area contributed by atoms with Crippen molar-refractivity contribution in [1.82, 2.24) is 4.90 Å². The summed E-state index contributed by atoms with van der Waals surface area (Å²) in [6.07, 6.45) is 1.59. The molecule has 1 aromatic rings. The molecule has 1 saturated heterocycles. The van der Waals surface area contributed by atoms with E-state index >= 15 is 0 Å². The van der Waals surface area contributed by atoms with Gasteiger partial charge in [-0.1, -0.05) is 35.5 Å². The van der Waals surface area contributed by atoms with E-state index in [0.29, 0.717) is 31.5 Å². The minimum atomic E-state index is -0.342. The number of fused-ring (bicyclic) bond motifs is 1. The second-order valence-corrected chi connectivity index (χ2v) is 5.37. The topological polar surface area (TPSA) is 70.0 Å². The predicted molar refractivity (Wildman–Crippen MR) is 72.1 cm³/mol. The molecule has 0 aromatic heterocycles. The zero-order chi connectivity index (χ0) is 14.1. The minimum Gasteiger partial charge on any atom is -0.411 e. The predicted octanol–water partition coefficient (Wildman–Crippen LogP) is 1.80. The van der Waals surface area contributed by atoms with E-state index in [0.717, 1.165) is 5.56 Å². The molecule has 2 amide bonds. The van der Waals surface area contributed by atoms with Crippen molar-refractivity contribution in [2.75, 3.05) is 0 Å². The summed E-state index contributed by atoms with van der Waals surface area (Å²) in [6.45, 7) is 0.330. The maximum Gasteiger partial charge on any atom is 0.233 e. The molecule has 3 rings (SSSR count). The number of benzene rings is 1. The molecule has 0 unspecified atom stereocenters. The van der Waals surface area contributed by atoms with E-state index in [9.17, 15) is 9.59 Å². The van der Waals surface area contributed by atoms with E-state index in [1.165, 1.54) is 4.90 Å². The van der Waals surface area contributed by atoms with Crippen LogP contribution in [-0.4, -0.2) is 27.6 Å². The first-order chi connectivity index (χ1) is 9.70. The number of oxime groups is 1. The monoisotopic (exact) mass is 272 g/mol. The molecule has 2 atom stereocenters. The summed E-state index contributed by atoms with van der Waals surface area (Å²) in [6, 6.07) is 9.50. The molecule has 1 saturated carbocycles. The summed E-state index contributed by atoms with van der Waals surface area (Å²) in [7, 11) is 0. The molecule has 2 aliphatic rings. The van der Waals surface area contributed by atoms with E-state index in [-0.39, 0.29) is 23.7 Å². The summed E-state index contributed by atoms with van der Waals surface area (Å²) in [5.41, 5.74) is 1.57. The maximum absolute atomic E-state index is 12.4. The molecular weight excluding hydrogens is 256 g/mol. The van der Waals surface area contributed by atoms with Gasteiger partial charge in [-0.2, -0.15) is 0 Å². The van der Waals surface area contributed by atoms with Gasteiger partial charge in [0.05, 0.1) is 24.1 Å². The highest BCUT2D eigenvalue weighted by atomic mass is 16.4. The number of rotatable bonds is 2. The van der Waals surface area contributed by atoms with Crippen LogP contribution in [0.4, 0.5) is 0 Å². The molecule has 1 aliphatic carbocycles. The van der Waals surface area contributed by atoms with Crippen LogP contribution in [0.15, 0.2) is 35.5 Å². The van der Waals surface area contributed by atoms with E-state index in [4.69, 9.17) is 5.21 Å². The zero-order valence-electron chi connectivity index (χ0n) is 11.0. The Morgan fingerprint density at radius 1 is 1.15 bits per heavy atom. The zero-order valence-corrected chi connectivity index (χ0v) is 11.0. The first-order valence-corrected chi connectivity index (χ1v) is 6.79. The lowest BCUT2D eigenvalue weighted by molar-refractivity contribution is -0.140. The van der Waals surface area contributed by atoms with Crippen LogP contribution >= 0.6 is 0 Å². The van der Waals surface area contributed by atoms with Gasteiger partial charge in [-0.25, -0.2) is 0 Å². The molecule has 5 heteroatoms. The third-order valence-corrected chi connectivity index (χ3v) is 4.18. The van der Waals surface area contributed by atoms with E-state index in [2.05, 4.69) is 5.16 Å². The summed E-state index contributed by atoms with van der Waals surface area (Å²) in [5, 5.41) is 12.1. The molecule has 1 aliphatic heterocycles. The molecule has 2 fully saturated rings. The Labute approximate surface area is 116 Å². The van der Waals surface area contributed by atoms with Gasteiger partial charge in [-0.15, -0.1) is 0 Å². The van der Waals surface area contributed by atoms with Crippen molar-refractivity contribution in [3.8, 4) is 0 Å². The van der Waals surface area contributed by atoms with Gasteiger partial charge in [0.15, 0.2) is 0 Å². The number of likely N-dealkylation sites (tertiary alicyclic amines) is 1. The standard InChI is InChI=1S/C15H16N2O3/c18-14-12-7-6-11(16-20)8-13(12)15(19)17(14)9-10-4-2-1-3-5-10/h1-5,12-13,20H,6-9H2/b16-11-/t12-,13+/m0/s1. The molecule has 104 valence electrons. The molecular formula is C15H16N2O3. The molecule has 20 heavy (non-hydrogen) atoms. The number of imide groups is 1. The van der Waals surface area contributed by atoms with Crippen molar-refractivity contribution < 1.29 is 14.8 Å². The lowest BCUT2D eigenvalue weighted by atomic mass is 9.80. The number of carbonyl (C=O) groups is 2. The van der Waals surface area contributed by atoms with Crippen LogP contribution in [-0.2, 0) is 16.1 Å². The molecule has 1 N–H and O–H groups in total. The van der Waals surface area contributed by atoms with Crippen LogP contribution in [0.25, 0.3) is 0 Å². The first-order valence-electron chi connectivity index (χ1n) is 6.79. The van der Waals surface area contributed by atoms with Crippen molar-refractivity contribution >= 4 is 17.5 Å². The Morgan fingerprint density at radius 2 is 1.85 bits per heavy atom. The van der Waals surface area contributed by atoms with Gasteiger partial charge in [0.25, 0.3) is 0 Å². The van der Waals surface area contributed by atoms with Gasteiger partial charge in [0.1, 0.15) is 0 Å². The Hall–Kier alpha value is -2.17. The second kappa shape index (κ2) is 5.07. The Morgan fingerprint density at radius 3 is 2.55 bits per heavy atom. The average molecular weight is 272 g/mol. The van der Waals surface area contributed by atoms with E-state index < -0.39 is 0 Å². The number of hydrogen-bond acceptors (Lipinski definition) is 4.